The molecule has 1 amide bonds. The summed E-state index contributed by atoms with van der Waals surface area (Å²) in [5.41, 5.74) is 6.78. The third-order valence-electron chi connectivity index (χ3n) is 2.50. The number of hydrogen-bond donors (Lipinski definition) is 2. The second-order valence-electron chi connectivity index (χ2n) is 3.76. The summed E-state index contributed by atoms with van der Waals surface area (Å²) in [4.78, 5) is 15.6. The van der Waals surface area contributed by atoms with Crippen LogP contribution in [0.25, 0.3) is 11.0 Å². The lowest BCUT2D eigenvalue weighted by Crippen LogP contribution is -2.27. The lowest BCUT2D eigenvalue weighted by atomic mass is 10.3. The molecule has 0 saturated carbocycles. The summed E-state index contributed by atoms with van der Waals surface area (Å²) < 4.78 is 15.2. The molecule has 96 valence electrons. The first kappa shape index (κ1) is 12.8. The van der Waals surface area contributed by atoms with Crippen LogP contribution in [0.2, 0.25) is 0 Å². The number of carbonyl (C=O) groups is 1. The van der Waals surface area contributed by atoms with Crippen molar-refractivity contribution < 1.29 is 9.18 Å². The number of nitrogen functional groups attached to an aromatic ring is 1. The first-order valence-corrected chi connectivity index (χ1v) is 6.19. The maximum atomic E-state index is 13.4. The Labute approximate surface area is 111 Å². The van der Waals surface area contributed by atoms with Crippen molar-refractivity contribution in [2.75, 3.05) is 12.3 Å². The number of amides is 1. The van der Waals surface area contributed by atoms with Gasteiger partial charge in [-0.2, -0.15) is 0 Å². The number of carbonyl (C=O) groups excluding carboxylic acids is 1. The van der Waals surface area contributed by atoms with Crippen LogP contribution in [0, 0.1) is 5.82 Å². The van der Waals surface area contributed by atoms with E-state index in [0.717, 1.165) is 0 Å². The van der Waals surface area contributed by atoms with E-state index in [0.29, 0.717) is 22.1 Å². The number of rotatable bonds is 3. The summed E-state index contributed by atoms with van der Waals surface area (Å²) >= 11 is 3.10. The van der Waals surface area contributed by atoms with Crippen LogP contribution in [-0.2, 0) is 11.3 Å². The molecule has 0 aliphatic rings. The van der Waals surface area contributed by atoms with E-state index in [-0.39, 0.29) is 18.4 Å². The quantitative estimate of drug-likeness (QED) is 0.905. The van der Waals surface area contributed by atoms with E-state index >= 15 is 0 Å². The van der Waals surface area contributed by atoms with Crippen LogP contribution < -0.4 is 11.1 Å². The van der Waals surface area contributed by atoms with Crippen LogP contribution in [0.15, 0.2) is 16.6 Å². The zero-order chi connectivity index (χ0) is 13.3. The number of halogens is 2. The molecule has 0 radical (unpaired) electrons. The van der Waals surface area contributed by atoms with Gasteiger partial charge in [-0.3, -0.25) is 4.79 Å². The van der Waals surface area contributed by atoms with Gasteiger partial charge in [-0.15, -0.1) is 0 Å². The lowest BCUT2D eigenvalue weighted by molar-refractivity contribution is -0.121. The maximum Gasteiger partial charge on any atom is 0.240 e. The van der Waals surface area contributed by atoms with Crippen LogP contribution in [0.4, 0.5) is 10.3 Å². The fourth-order valence-electron chi connectivity index (χ4n) is 1.70. The molecule has 2 rings (SSSR count). The van der Waals surface area contributed by atoms with Crippen LogP contribution in [-0.4, -0.2) is 22.0 Å². The summed E-state index contributed by atoms with van der Waals surface area (Å²) in [5, 5.41) is 2.67. The normalized spacial score (nSPS) is 10.8. The minimum absolute atomic E-state index is 0.0637. The molecule has 1 aromatic heterocycles. The van der Waals surface area contributed by atoms with Crippen molar-refractivity contribution >= 4 is 38.8 Å². The molecule has 0 unspecified atom stereocenters. The van der Waals surface area contributed by atoms with Gasteiger partial charge < -0.3 is 15.6 Å². The minimum Gasteiger partial charge on any atom is -0.369 e. The molecule has 1 aromatic carbocycles. The van der Waals surface area contributed by atoms with E-state index in [9.17, 15) is 9.18 Å². The number of nitrogens with one attached hydrogen (secondary N) is 1. The number of imidazole rings is 1. The number of likely N-dealkylation sites (N-methyl/N-ethyl adjacent to an activating group) is 1. The van der Waals surface area contributed by atoms with E-state index in [4.69, 9.17) is 5.73 Å². The fourth-order valence-corrected chi connectivity index (χ4v) is 2.03. The van der Waals surface area contributed by atoms with Gasteiger partial charge >= 0.3 is 0 Å². The van der Waals surface area contributed by atoms with Gasteiger partial charge in [0.1, 0.15) is 12.4 Å². The Bertz CT molecular complexity index is 611. The van der Waals surface area contributed by atoms with Crippen molar-refractivity contribution in [3.63, 3.8) is 0 Å². The molecule has 0 fully saturated rings. The van der Waals surface area contributed by atoms with Gasteiger partial charge in [0.25, 0.3) is 0 Å². The highest BCUT2D eigenvalue weighted by Gasteiger charge is 2.13. The third kappa shape index (κ3) is 2.31. The zero-order valence-corrected chi connectivity index (χ0v) is 11.3. The van der Waals surface area contributed by atoms with Gasteiger partial charge in [-0.25, -0.2) is 9.37 Å². The van der Waals surface area contributed by atoms with Crippen molar-refractivity contribution in [2.45, 2.75) is 13.5 Å². The van der Waals surface area contributed by atoms with Gasteiger partial charge in [0, 0.05) is 12.6 Å². The zero-order valence-electron chi connectivity index (χ0n) is 9.70. The highest BCUT2D eigenvalue weighted by Crippen LogP contribution is 2.24. The molecule has 1 heterocycles. The first-order valence-electron chi connectivity index (χ1n) is 5.40. The average molecular weight is 315 g/mol. The van der Waals surface area contributed by atoms with E-state index in [1.807, 2.05) is 6.92 Å². The Hall–Kier alpha value is -1.63. The molecule has 3 N–H and O–H groups in total. The smallest absolute Gasteiger partial charge is 0.240 e. The largest absolute Gasteiger partial charge is 0.369 e. The van der Waals surface area contributed by atoms with Crippen molar-refractivity contribution in [3.05, 3.63) is 22.4 Å². The van der Waals surface area contributed by atoms with E-state index in [2.05, 4.69) is 26.2 Å². The molecule has 0 aliphatic heterocycles. The van der Waals surface area contributed by atoms with E-state index < -0.39 is 5.82 Å². The van der Waals surface area contributed by atoms with E-state index in [1.54, 1.807) is 10.6 Å². The standard InChI is InChI=1S/C11H12BrFN4O/c1-2-15-10(18)5-17-9-3-6(12)7(13)4-8(9)16-11(17)14/h3-4H,2,5H2,1H3,(H2,14,16)(H,15,18). The van der Waals surface area contributed by atoms with Crippen molar-refractivity contribution in [2.24, 2.45) is 0 Å². The predicted molar refractivity (Wildman–Crippen MR) is 70.5 cm³/mol. The number of nitrogens with two attached hydrogens (primary N) is 1. The number of anilines is 1. The van der Waals surface area contributed by atoms with Gasteiger partial charge in [0.2, 0.25) is 11.9 Å². The Balaban J connectivity index is 2.46. The predicted octanol–water partition coefficient (Wildman–Crippen LogP) is 1.66. The van der Waals surface area contributed by atoms with Crippen LogP contribution in [0.3, 0.4) is 0 Å². The fraction of sp³-hybridized carbons (Fsp3) is 0.273. The SMILES string of the molecule is CCNC(=O)Cn1c(N)nc2cc(F)c(Br)cc21. The van der Waals surface area contributed by atoms with E-state index in [1.165, 1.54) is 6.07 Å². The molecule has 0 atom stereocenters. The maximum absolute atomic E-state index is 13.4. The Morgan fingerprint density at radius 2 is 2.33 bits per heavy atom. The Morgan fingerprint density at radius 1 is 1.61 bits per heavy atom. The first-order chi connectivity index (χ1) is 8.52. The highest BCUT2D eigenvalue weighted by atomic mass is 79.9. The molecular weight excluding hydrogens is 303 g/mol. The molecule has 2 aromatic rings. The molecule has 18 heavy (non-hydrogen) atoms. The monoisotopic (exact) mass is 314 g/mol. The average Bonchev–Trinajstić information content (AvgIpc) is 2.57. The number of aromatic nitrogens is 2. The lowest BCUT2D eigenvalue weighted by Gasteiger charge is -2.06. The Kier molecular flexibility index (Phi) is 3.51. The summed E-state index contributed by atoms with van der Waals surface area (Å²) in [5.74, 6) is -0.386. The van der Waals surface area contributed by atoms with Gasteiger partial charge in [-0.05, 0) is 28.9 Å². The summed E-state index contributed by atoms with van der Waals surface area (Å²) in [6.07, 6.45) is 0. The second-order valence-corrected chi connectivity index (χ2v) is 4.62. The highest BCUT2D eigenvalue weighted by molar-refractivity contribution is 9.10. The van der Waals surface area contributed by atoms with Crippen LogP contribution in [0.5, 0.6) is 0 Å². The minimum atomic E-state index is -0.412. The van der Waals surface area contributed by atoms with Crippen molar-refractivity contribution in [3.8, 4) is 0 Å². The molecule has 0 bridgehead atoms. The van der Waals surface area contributed by atoms with Crippen LogP contribution >= 0.6 is 15.9 Å². The molecule has 7 heteroatoms. The van der Waals surface area contributed by atoms with Gasteiger partial charge in [0.05, 0.1) is 15.5 Å². The summed E-state index contributed by atoms with van der Waals surface area (Å²) in [7, 11) is 0. The number of fused-ring (bicyclic) bond motifs is 1. The molecule has 0 aliphatic carbocycles. The topological polar surface area (TPSA) is 72.9 Å². The molecule has 5 nitrogen and oxygen atoms in total. The number of nitrogens with zero attached hydrogens (tertiary/aromatic N) is 2. The number of benzene rings is 1. The van der Waals surface area contributed by atoms with Crippen LogP contribution in [0.1, 0.15) is 6.92 Å². The number of hydrogen-bond acceptors (Lipinski definition) is 3. The summed E-state index contributed by atoms with van der Waals surface area (Å²) in [6, 6.07) is 2.84. The van der Waals surface area contributed by atoms with Gasteiger partial charge in [0.15, 0.2) is 0 Å². The Morgan fingerprint density at radius 3 is 3.00 bits per heavy atom. The summed E-state index contributed by atoms with van der Waals surface area (Å²) in [6.45, 7) is 2.44. The van der Waals surface area contributed by atoms with Gasteiger partial charge in [-0.1, -0.05) is 0 Å². The molecule has 0 saturated heterocycles. The van der Waals surface area contributed by atoms with Crippen molar-refractivity contribution in [1.29, 1.82) is 0 Å². The molecular formula is C11H12BrFN4O. The third-order valence-corrected chi connectivity index (χ3v) is 3.10. The molecule has 0 spiro atoms. The van der Waals surface area contributed by atoms with Crippen molar-refractivity contribution in [1.82, 2.24) is 14.9 Å². The second kappa shape index (κ2) is 4.93.